The molecule has 1 aliphatic heterocycles. The number of benzene rings is 1. The predicted octanol–water partition coefficient (Wildman–Crippen LogP) is 2.90. The molecular weight excluding hydrogens is 346 g/mol. The van der Waals surface area contributed by atoms with Gasteiger partial charge in [-0.25, -0.2) is 5.43 Å². The van der Waals surface area contributed by atoms with Gasteiger partial charge in [-0.2, -0.15) is 5.10 Å². The number of carbonyl (C=O) groups excluding carboxylic acids is 2. The summed E-state index contributed by atoms with van der Waals surface area (Å²) in [6.07, 6.45) is 0.441. The zero-order valence-corrected chi connectivity index (χ0v) is 14.5. The summed E-state index contributed by atoms with van der Waals surface area (Å²) in [6.45, 7) is 5.95. The molecule has 2 unspecified atom stereocenters. The van der Waals surface area contributed by atoms with Crippen LogP contribution in [0.2, 0.25) is 0 Å². The van der Waals surface area contributed by atoms with Crippen molar-refractivity contribution in [2.24, 2.45) is 16.9 Å². The molecule has 5 nitrogen and oxygen atoms in total. The second-order valence-corrected chi connectivity index (χ2v) is 6.84. The van der Waals surface area contributed by atoms with E-state index in [2.05, 4.69) is 31.8 Å². The maximum atomic E-state index is 12.0. The number of carbonyl (C=O) groups is 2. The van der Waals surface area contributed by atoms with Crippen molar-refractivity contribution in [3.63, 3.8) is 0 Å². The summed E-state index contributed by atoms with van der Waals surface area (Å²) in [6, 6.07) is 7.50. The van der Waals surface area contributed by atoms with E-state index in [0.717, 1.165) is 17.0 Å². The molecule has 0 radical (unpaired) electrons. The van der Waals surface area contributed by atoms with Crippen LogP contribution in [-0.2, 0) is 9.59 Å². The summed E-state index contributed by atoms with van der Waals surface area (Å²) in [4.78, 5) is 23.1. The van der Waals surface area contributed by atoms with E-state index in [0.29, 0.717) is 6.42 Å². The van der Waals surface area contributed by atoms with Crippen molar-refractivity contribution in [2.75, 3.05) is 5.32 Å². The summed E-state index contributed by atoms with van der Waals surface area (Å²) >= 11 is 3.38. The molecule has 2 amide bonds. The smallest absolute Gasteiger partial charge is 0.240 e. The van der Waals surface area contributed by atoms with Crippen molar-refractivity contribution in [3.05, 3.63) is 29.8 Å². The lowest BCUT2D eigenvalue weighted by molar-refractivity contribution is -0.122. The minimum atomic E-state index is -0.217. The monoisotopic (exact) mass is 365 g/mol. The Morgan fingerprint density at radius 1 is 1.36 bits per heavy atom. The minimum Gasteiger partial charge on any atom is -0.325 e. The van der Waals surface area contributed by atoms with Gasteiger partial charge in [-0.05, 0) is 23.6 Å². The molecule has 6 heteroatoms. The number of amides is 2. The highest BCUT2D eigenvalue weighted by Crippen LogP contribution is 2.20. The third kappa shape index (κ3) is 3.94. The Kier molecular flexibility index (Phi) is 5.34. The van der Waals surface area contributed by atoms with Crippen LogP contribution in [0.5, 0.6) is 0 Å². The van der Waals surface area contributed by atoms with E-state index >= 15 is 0 Å². The van der Waals surface area contributed by atoms with Crippen LogP contribution in [0.4, 0.5) is 5.69 Å². The van der Waals surface area contributed by atoms with Crippen LogP contribution in [-0.4, -0.2) is 22.4 Å². The van der Waals surface area contributed by atoms with Crippen molar-refractivity contribution in [1.29, 1.82) is 0 Å². The van der Waals surface area contributed by atoms with E-state index < -0.39 is 0 Å². The summed E-state index contributed by atoms with van der Waals surface area (Å²) in [5, 5.41) is 7.00. The van der Waals surface area contributed by atoms with Gasteiger partial charge in [-0.15, -0.1) is 0 Å². The molecule has 0 aliphatic carbocycles. The van der Waals surface area contributed by atoms with Crippen molar-refractivity contribution >= 4 is 39.1 Å². The molecule has 0 bridgehead atoms. The Hall–Kier alpha value is -1.69. The van der Waals surface area contributed by atoms with Crippen LogP contribution < -0.4 is 10.7 Å². The molecule has 2 N–H and O–H groups in total. The molecule has 1 aliphatic rings. The van der Waals surface area contributed by atoms with Crippen LogP contribution in [0.15, 0.2) is 29.4 Å². The number of rotatable bonds is 4. The number of hydrazone groups is 1. The summed E-state index contributed by atoms with van der Waals surface area (Å²) in [5.41, 5.74) is 5.06. The lowest BCUT2D eigenvalue weighted by Gasteiger charge is -2.19. The van der Waals surface area contributed by atoms with Crippen LogP contribution in [0.25, 0.3) is 0 Å². The molecule has 118 valence electrons. The number of anilines is 1. The van der Waals surface area contributed by atoms with E-state index in [1.165, 1.54) is 0 Å². The van der Waals surface area contributed by atoms with Crippen molar-refractivity contribution < 1.29 is 9.59 Å². The molecular formula is C16H20BrN3O2. The third-order valence-electron chi connectivity index (χ3n) is 3.54. The molecule has 22 heavy (non-hydrogen) atoms. The average molecular weight is 366 g/mol. The molecule has 1 aromatic carbocycles. The first kappa shape index (κ1) is 16.7. The second kappa shape index (κ2) is 7.05. The SMILES string of the molecule is CC1CC(=O)NN=C1c1ccc(NC(=O)C(Br)C(C)C)cc1. The minimum absolute atomic E-state index is 0.0570. The van der Waals surface area contributed by atoms with Crippen LogP contribution in [0.3, 0.4) is 0 Å². The Morgan fingerprint density at radius 2 is 2.00 bits per heavy atom. The van der Waals surface area contributed by atoms with Crippen LogP contribution >= 0.6 is 15.9 Å². The lowest BCUT2D eigenvalue weighted by atomic mass is 9.94. The van der Waals surface area contributed by atoms with Gasteiger partial charge in [0.15, 0.2) is 0 Å². The highest BCUT2D eigenvalue weighted by atomic mass is 79.9. The molecule has 0 spiro atoms. The van der Waals surface area contributed by atoms with E-state index in [1.807, 2.05) is 45.0 Å². The Morgan fingerprint density at radius 3 is 2.55 bits per heavy atom. The molecule has 0 saturated carbocycles. The molecule has 2 atom stereocenters. The van der Waals surface area contributed by atoms with Gasteiger partial charge in [0.25, 0.3) is 0 Å². The molecule has 1 aromatic rings. The number of halogens is 1. The van der Waals surface area contributed by atoms with Gasteiger partial charge in [0.05, 0.1) is 10.5 Å². The van der Waals surface area contributed by atoms with E-state index in [4.69, 9.17) is 0 Å². The molecule has 0 aromatic heterocycles. The van der Waals surface area contributed by atoms with Gasteiger partial charge in [-0.1, -0.05) is 48.8 Å². The van der Waals surface area contributed by atoms with Gasteiger partial charge in [-0.3, -0.25) is 9.59 Å². The molecule has 2 rings (SSSR count). The third-order valence-corrected chi connectivity index (χ3v) is 5.02. The van der Waals surface area contributed by atoms with E-state index in [9.17, 15) is 9.59 Å². The maximum absolute atomic E-state index is 12.0. The predicted molar refractivity (Wildman–Crippen MR) is 91.1 cm³/mol. The van der Waals surface area contributed by atoms with Crippen LogP contribution in [0, 0.1) is 11.8 Å². The summed E-state index contributed by atoms with van der Waals surface area (Å²) in [5.74, 6) is 0.193. The first-order chi connectivity index (χ1) is 10.4. The second-order valence-electron chi connectivity index (χ2n) is 5.85. The fourth-order valence-corrected chi connectivity index (χ4v) is 2.35. The first-order valence-corrected chi connectivity index (χ1v) is 8.22. The van der Waals surface area contributed by atoms with Crippen LogP contribution in [0.1, 0.15) is 32.8 Å². The van der Waals surface area contributed by atoms with Gasteiger partial charge in [0, 0.05) is 18.0 Å². The Labute approximate surface area is 138 Å². The number of hydrogen-bond donors (Lipinski definition) is 2. The van der Waals surface area contributed by atoms with Crippen molar-refractivity contribution in [2.45, 2.75) is 32.0 Å². The topological polar surface area (TPSA) is 70.6 Å². The van der Waals surface area contributed by atoms with Gasteiger partial charge >= 0.3 is 0 Å². The number of alkyl halides is 1. The Bertz CT molecular complexity index is 596. The van der Waals surface area contributed by atoms with Crippen molar-refractivity contribution in [1.82, 2.24) is 5.43 Å². The van der Waals surface area contributed by atoms with Gasteiger partial charge < -0.3 is 5.32 Å². The largest absolute Gasteiger partial charge is 0.325 e. The zero-order chi connectivity index (χ0) is 16.3. The summed E-state index contributed by atoms with van der Waals surface area (Å²) in [7, 11) is 0. The Balaban J connectivity index is 2.08. The highest BCUT2D eigenvalue weighted by Gasteiger charge is 2.22. The highest BCUT2D eigenvalue weighted by molar-refractivity contribution is 9.10. The number of nitrogens with zero attached hydrogens (tertiary/aromatic N) is 1. The number of hydrogen-bond acceptors (Lipinski definition) is 3. The molecule has 0 fully saturated rings. The normalized spacial score (nSPS) is 19.4. The van der Waals surface area contributed by atoms with E-state index in [-0.39, 0.29) is 28.5 Å². The fraction of sp³-hybridized carbons (Fsp3) is 0.438. The molecule has 0 saturated heterocycles. The van der Waals surface area contributed by atoms with Gasteiger partial charge in [0.1, 0.15) is 0 Å². The maximum Gasteiger partial charge on any atom is 0.240 e. The number of nitrogens with one attached hydrogen (secondary N) is 2. The summed E-state index contributed by atoms with van der Waals surface area (Å²) < 4.78 is 0. The first-order valence-electron chi connectivity index (χ1n) is 7.30. The lowest BCUT2D eigenvalue weighted by Crippen LogP contribution is -2.32. The van der Waals surface area contributed by atoms with Crippen molar-refractivity contribution in [3.8, 4) is 0 Å². The fourth-order valence-electron chi connectivity index (χ4n) is 2.24. The zero-order valence-electron chi connectivity index (χ0n) is 12.9. The standard InChI is InChI=1S/C16H20BrN3O2/c1-9(2)14(17)16(22)18-12-6-4-11(5-7-12)15-10(3)8-13(21)19-20-15/h4-7,9-10,14H,8H2,1-3H3,(H,18,22)(H,19,21). The van der Waals surface area contributed by atoms with Gasteiger partial charge in [0.2, 0.25) is 11.8 Å². The molecule has 1 heterocycles. The van der Waals surface area contributed by atoms with E-state index in [1.54, 1.807) is 0 Å². The quantitative estimate of drug-likeness (QED) is 0.805. The average Bonchev–Trinajstić information content (AvgIpc) is 2.47.